The number of carbonyl (C=O) groups excluding carboxylic acids is 2. The highest BCUT2D eigenvalue weighted by molar-refractivity contribution is 7.15. The number of methoxy groups -OCH3 is 1. The van der Waals surface area contributed by atoms with Gasteiger partial charge in [0.2, 0.25) is 5.55 Å². The molecule has 2 heterocycles. The van der Waals surface area contributed by atoms with Crippen LogP contribution in [-0.4, -0.2) is 19.0 Å². The molecule has 2 aromatic heterocycles. The number of rotatable bonds is 4. The molecular formula is C23H18N2O4S. The molecule has 0 bridgehead atoms. The van der Waals surface area contributed by atoms with Crippen molar-refractivity contribution in [3.63, 3.8) is 0 Å². The third kappa shape index (κ3) is 3.62. The average molecular weight is 418 g/mol. The van der Waals surface area contributed by atoms with Gasteiger partial charge in [-0.15, -0.1) is 11.3 Å². The molecular weight excluding hydrogens is 400 g/mol. The Morgan fingerprint density at radius 1 is 1.10 bits per heavy atom. The van der Waals surface area contributed by atoms with Gasteiger partial charge in [0.25, 0.3) is 5.91 Å². The molecule has 0 aliphatic rings. The smallest absolute Gasteiger partial charge is 0.341 e. The van der Waals surface area contributed by atoms with E-state index in [0.29, 0.717) is 21.5 Å². The second kappa shape index (κ2) is 7.96. The summed E-state index contributed by atoms with van der Waals surface area (Å²) < 4.78 is 10.4. The molecule has 0 saturated heterocycles. The molecule has 0 aliphatic carbocycles. The average Bonchev–Trinajstić information content (AvgIpc) is 3.16. The van der Waals surface area contributed by atoms with E-state index >= 15 is 0 Å². The molecule has 0 saturated carbocycles. The standard InChI is InChI=1S/C23H18N2O4S/c1-13-7-9-14(10-8-13)17-12-30-22(19(17)23(27)28-2)25-21(26)16-11-15-5-3-4-6-18(15)29-20(16)24/h3-12,24H,1-2H3,(H,25,26). The quantitative estimate of drug-likeness (QED) is 0.457. The molecule has 4 aromatic rings. The van der Waals surface area contributed by atoms with E-state index in [1.807, 2.05) is 37.3 Å². The van der Waals surface area contributed by atoms with Crippen LogP contribution in [0.4, 0.5) is 5.00 Å². The summed E-state index contributed by atoms with van der Waals surface area (Å²) in [4.78, 5) is 25.4. The van der Waals surface area contributed by atoms with Gasteiger partial charge >= 0.3 is 5.97 Å². The van der Waals surface area contributed by atoms with Crippen LogP contribution in [0.25, 0.3) is 22.1 Å². The summed E-state index contributed by atoms with van der Waals surface area (Å²) in [5, 5.41) is 13.7. The van der Waals surface area contributed by atoms with Crippen molar-refractivity contribution >= 4 is 39.2 Å². The first-order chi connectivity index (χ1) is 14.5. The van der Waals surface area contributed by atoms with E-state index in [0.717, 1.165) is 11.1 Å². The summed E-state index contributed by atoms with van der Waals surface area (Å²) in [6.45, 7) is 1.98. The first-order valence-corrected chi connectivity index (χ1v) is 10.0. The predicted molar refractivity (Wildman–Crippen MR) is 116 cm³/mol. The van der Waals surface area contributed by atoms with E-state index < -0.39 is 11.9 Å². The second-order valence-corrected chi connectivity index (χ2v) is 7.57. The number of hydrogen-bond acceptors (Lipinski definition) is 6. The number of anilines is 1. The zero-order valence-electron chi connectivity index (χ0n) is 16.3. The van der Waals surface area contributed by atoms with Gasteiger partial charge in [0.1, 0.15) is 21.7 Å². The number of nitrogens with one attached hydrogen (secondary N) is 2. The van der Waals surface area contributed by atoms with Crippen LogP contribution in [0, 0.1) is 12.3 Å². The number of hydrogen-bond donors (Lipinski definition) is 2. The highest BCUT2D eigenvalue weighted by atomic mass is 32.1. The molecule has 150 valence electrons. The Kier molecular flexibility index (Phi) is 5.20. The van der Waals surface area contributed by atoms with E-state index in [4.69, 9.17) is 14.6 Å². The zero-order valence-corrected chi connectivity index (χ0v) is 17.1. The maximum atomic E-state index is 12.9. The van der Waals surface area contributed by atoms with Crippen molar-refractivity contribution in [2.24, 2.45) is 0 Å². The van der Waals surface area contributed by atoms with Crippen LogP contribution in [0.3, 0.4) is 0 Å². The summed E-state index contributed by atoms with van der Waals surface area (Å²) >= 11 is 1.23. The van der Waals surface area contributed by atoms with E-state index in [9.17, 15) is 9.59 Å². The molecule has 30 heavy (non-hydrogen) atoms. The van der Waals surface area contributed by atoms with Gasteiger partial charge in [-0.05, 0) is 24.6 Å². The van der Waals surface area contributed by atoms with Gasteiger partial charge in [0.05, 0.1) is 7.11 Å². The predicted octanol–water partition coefficient (Wildman–Crippen LogP) is 4.99. The summed E-state index contributed by atoms with van der Waals surface area (Å²) in [7, 11) is 1.30. The lowest BCUT2D eigenvalue weighted by atomic mass is 10.0. The Hall–Kier alpha value is -3.71. The van der Waals surface area contributed by atoms with Crippen LogP contribution < -0.4 is 10.9 Å². The van der Waals surface area contributed by atoms with E-state index in [1.54, 1.807) is 29.6 Å². The lowest BCUT2D eigenvalue weighted by molar-refractivity contribution is 0.0603. The molecule has 0 fully saturated rings. The number of amides is 1. The number of aryl methyl sites for hydroxylation is 1. The molecule has 4 rings (SSSR count). The Morgan fingerprint density at radius 2 is 1.83 bits per heavy atom. The number of para-hydroxylation sites is 1. The Bertz CT molecular complexity index is 1320. The number of esters is 1. The van der Waals surface area contributed by atoms with Crippen molar-refractivity contribution in [3.05, 3.63) is 82.2 Å². The van der Waals surface area contributed by atoms with Crippen LogP contribution in [0.1, 0.15) is 26.3 Å². The topological polar surface area (TPSA) is 92.4 Å². The van der Waals surface area contributed by atoms with Gasteiger partial charge in [-0.3, -0.25) is 10.2 Å². The third-order valence-electron chi connectivity index (χ3n) is 4.69. The van der Waals surface area contributed by atoms with Gasteiger partial charge in [-0.25, -0.2) is 4.79 Å². The van der Waals surface area contributed by atoms with Gasteiger partial charge < -0.3 is 14.5 Å². The van der Waals surface area contributed by atoms with Crippen LogP contribution in [0.15, 0.2) is 64.4 Å². The Labute approximate surface area is 176 Å². The number of benzene rings is 2. The lowest BCUT2D eigenvalue weighted by Gasteiger charge is -2.08. The fraction of sp³-hybridized carbons (Fsp3) is 0.0870. The minimum absolute atomic E-state index is 0.0785. The highest BCUT2D eigenvalue weighted by Crippen LogP contribution is 2.36. The van der Waals surface area contributed by atoms with Crippen LogP contribution in [0.5, 0.6) is 0 Å². The fourth-order valence-corrected chi connectivity index (χ4v) is 4.07. The lowest BCUT2D eigenvalue weighted by Crippen LogP contribution is -2.21. The Balaban J connectivity index is 1.73. The Morgan fingerprint density at radius 3 is 2.57 bits per heavy atom. The molecule has 0 unspecified atom stereocenters. The minimum atomic E-state index is -0.545. The molecule has 6 nitrogen and oxygen atoms in total. The zero-order chi connectivity index (χ0) is 21.3. The van der Waals surface area contributed by atoms with Gasteiger partial charge in [0, 0.05) is 16.3 Å². The highest BCUT2D eigenvalue weighted by Gasteiger charge is 2.23. The van der Waals surface area contributed by atoms with Crippen molar-refractivity contribution in [1.29, 1.82) is 5.41 Å². The molecule has 0 radical (unpaired) electrons. The molecule has 0 atom stereocenters. The maximum absolute atomic E-state index is 12.9. The summed E-state index contributed by atoms with van der Waals surface area (Å²) in [6.07, 6.45) is 0. The summed E-state index contributed by atoms with van der Waals surface area (Å²) in [5.41, 5.74) is 3.26. The fourth-order valence-electron chi connectivity index (χ4n) is 3.12. The van der Waals surface area contributed by atoms with Crippen LogP contribution >= 0.6 is 11.3 Å². The van der Waals surface area contributed by atoms with Crippen molar-refractivity contribution in [3.8, 4) is 11.1 Å². The summed E-state index contributed by atoms with van der Waals surface area (Å²) in [6, 6.07) is 16.5. The number of ether oxygens (including phenoxy) is 1. The van der Waals surface area contributed by atoms with Crippen molar-refractivity contribution in [2.75, 3.05) is 12.4 Å². The molecule has 2 N–H and O–H groups in total. The van der Waals surface area contributed by atoms with Crippen molar-refractivity contribution in [1.82, 2.24) is 0 Å². The largest absolute Gasteiger partial charge is 0.465 e. The molecule has 2 aromatic carbocycles. The molecule has 1 amide bonds. The molecule has 0 spiro atoms. The minimum Gasteiger partial charge on any atom is -0.465 e. The van der Waals surface area contributed by atoms with Gasteiger partial charge in [-0.2, -0.15) is 0 Å². The van der Waals surface area contributed by atoms with E-state index in [1.165, 1.54) is 18.4 Å². The van der Waals surface area contributed by atoms with Gasteiger partial charge in [0.15, 0.2) is 0 Å². The van der Waals surface area contributed by atoms with Crippen LogP contribution in [-0.2, 0) is 4.74 Å². The van der Waals surface area contributed by atoms with Crippen LogP contribution in [0.2, 0.25) is 0 Å². The van der Waals surface area contributed by atoms with E-state index in [2.05, 4.69) is 5.32 Å². The number of thiophene rings is 1. The number of fused-ring (bicyclic) bond motifs is 1. The normalized spacial score (nSPS) is 10.7. The second-order valence-electron chi connectivity index (χ2n) is 6.69. The first kappa shape index (κ1) is 19.6. The van der Waals surface area contributed by atoms with Crippen molar-refractivity contribution in [2.45, 2.75) is 6.92 Å². The molecule has 7 heteroatoms. The third-order valence-corrected chi connectivity index (χ3v) is 5.59. The monoisotopic (exact) mass is 418 g/mol. The maximum Gasteiger partial charge on any atom is 0.341 e. The first-order valence-electron chi connectivity index (χ1n) is 9.13. The van der Waals surface area contributed by atoms with E-state index in [-0.39, 0.29) is 16.7 Å². The number of carbonyl (C=O) groups is 2. The van der Waals surface area contributed by atoms with Crippen molar-refractivity contribution < 1.29 is 18.7 Å². The SMILES string of the molecule is COC(=O)c1c(-c2ccc(C)cc2)csc1NC(=O)c1cc2ccccc2oc1=N. The van der Waals surface area contributed by atoms with Gasteiger partial charge in [-0.1, -0.05) is 48.0 Å². The molecule has 0 aliphatic heterocycles. The summed E-state index contributed by atoms with van der Waals surface area (Å²) in [5.74, 6) is -1.08.